The van der Waals surface area contributed by atoms with Crippen LogP contribution in [0.2, 0.25) is 9.36 Å². The van der Waals surface area contributed by atoms with Gasteiger partial charge in [-0.25, -0.2) is 0 Å². The monoisotopic (exact) mass is 646 g/mol. The van der Waals surface area contributed by atoms with Crippen LogP contribution < -0.4 is 0 Å². The maximum absolute atomic E-state index is 3.77. The van der Waals surface area contributed by atoms with E-state index in [1.54, 1.807) is 11.1 Å². The van der Waals surface area contributed by atoms with Gasteiger partial charge in [0.25, 0.3) is 0 Å². The molecule has 182 valence electrons. The molecule has 1 fully saturated rings. The Hall–Kier alpha value is -2.90. The SMILES string of the molecule is [CH3][Hf]([CH3])(=[C]1CCC1)([CH]1C=Cc2c(-c3ccccc3)cccc21)[CH]1C=Cc2c(-c3ccccc3)cccc21. The Morgan fingerprint density at radius 1 is 0.541 bits per heavy atom. The molecule has 2 unspecified atom stereocenters. The molecule has 0 heterocycles. The summed E-state index contributed by atoms with van der Waals surface area (Å²) >= 11 is -3.77. The number of hydrogen-bond acceptors (Lipinski definition) is 0. The Morgan fingerprint density at radius 3 is 1.41 bits per heavy atom. The summed E-state index contributed by atoms with van der Waals surface area (Å²) in [4.78, 5) is 0. The molecule has 7 rings (SSSR count). The molecule has 0 amide bonds. The maximum atomic E-state index is 2.80. The Kier molecular flexibility index (Phi) is 5.38. The van der Waals surface area contributed by atoms with Crippen molar-refractivity contribution in [3.8, 4) is 22.3 Å². The molecule has 1 heteroatoms. The van der Waals surface area contributed by atoms with Gasteiger partial charge in [0.2, 0.25) is 0 Å². The molecule has 4 aromatic carbocycles. The third-order valence-corrected chi connectivity index (χ3v) is 37.2. The van der Waals surface area contributed by atoms with Crippen LogP contribution in [-0.2, 0) is 18.0 Å². The van der Waals surface area contributed by atoms with Crippen molar-refractivity contribution in [3.63, 3.8) is 0 Å². The van der Waals surface area contributed by atoms with Crippen LogP contribution in [0.25, 0.3) is 34.4 Å². The Balaban J connectivity index is 1.41. The zero-order valence-corrected chi connectivity index (χ0v) is 25.4. The fourth-order valence-electron chi connectivity index (χ4n) is 7.74. The van der Waals surface area contributed by atoms with E-state index >= 15 is 0 Å². The van der Waals surface area contributed by atoms with E-state index in [2.05, 4.69) is 131 Å². The van der Waals surface area contributed by atoms with Crippen molar-refractivity contribution in [2.24, 2.45) is 0 Å². The summed E-state index contributed by atoms with van der Waals surface area (Å²) in [6.07, 6.45) is 14.2. The topological polar surface area (TPSA) is 0 Å². The van der Waals surface area contributed by atoms with Crippen LogP contribution in [0.15, 0.2) is 109 Å². The first kappa shape index (κ1) is 23.2. The number of rotatable bonds is 4. The van der Waals surface area contributed by atoms with Gasteiger partial charge in [-0.1, -0.05) is 0 Å². The van der Waals surface area contributed by atoms with Crippen molar-refractivity contribution in [1.29, 1.82) is 0 Å². The first-order chi connectivity index (χ1) is 18.1. The molecule has 3 aliphatic rings. The molecular formula is C36H34Hf. The van der Waals surface area contributed by atoms with Gasteiger partial charge in [-0.05, 0) is 0 Å². The number of benzene rings is 4. The Bertz CT molecular complexity index is 1530. The number of fused-ring (bicyclic) bond motifs is 2. The minimum atomic E-state index is -3.77. The average Bonchev–Trinajstić information content (AvgIpc) is 3.54. The molecule has 0 N–H and O–H groups in total. The fraction of sp³-hybridized carbons (Fsp3) is 0.194. The summed E-state index contributed by atoms with van der Waals surface area (Å²) in [5.41, 5.74) is 11.4. The van der Waals surface area contributed by atoms with E-state index in [-0.39, 0.29) is 0 Å². The quantitative estimate of drug-likeness (QED) is 0.194. The molecule has 0 spiro atoms. The molecule has 0 aromatic heterocycles. The average molecular weight is 645 g/mol. The van der Waals surface area contributed by atoms with Gasteiger partial charge >= 0.3 is 223 Å². The summed E-state index contributed by atoms with van der Waals surface area (Å²) in [5.74, 6) is 0. The van der Waals surface area contributed by atoms with Gasteiger partial charge in [0, 0.05) is 0 Å². The summed E-state index contributed by atoms with van der Waals surface area (Å²) in [6.45, 7) is 0. The molecule has 0 saturated heterocycles. The molecular weight excluding hydrogens is 611 g/mol. The van der Waals surface area contributed by atoms with Gasteiger partial charge in [-0.15, -0.1) is 0 Å². The first-order valence-corrected chi connectivity index (χ1v) is 27.0. The van der Waals surface area contributed by atoms with Gasteiger partial charge in [0.05, 0.1) is 0 Å². The van der Waals surface area contributed by atoms with Gasteiger partial charge in [-0.2, -0.15) is 0 Å². The van der Waals surface area contributed by atoms with Gasteiger partial charge in [0.15, 0.2) is 0 Å². The molecule has 0 aliphatic heterocycles. The summed E-state index contributed by atoms with van der Waals surface area (Å²) < 4.78 is 8.63. The number of hydrogen-bond donors (Lipinski definition) is 0. The molecule has 3 aliphatic carbocycles. The summed E-state index contributed by atoms with van der Waals surface area (Å²) in [7, 11) is 0. The van der Waals surface area contributed by atoms with E-state index in [9.17, 15) is 0 Å². The zero-order chi connectivity index (χ0) is 25.1. The van der Waals surface area contributed by atoms with Crippen molar-refractivity contribution >= 4 is 15.4 Å². The molecule has 1 saturated carbocycles. The standard InChI is InChI=1S/2C15H11.C4H6.2CH3.Hf/c2*1-2-6-12(7-3-1)14-10-4-8-13-9-5-11-15(13)14;1-2-4-3-1;;;/h2*1-11H;1-3H2;2*1H3;. The van der Waals surface area contributed by atoms with Crippen LogP contribution in [0.5, 0.6) is 0 Å². The number of allylic oxidation sites excluding steroid dienone is 2. The van der Waals surface area contributed by atoms with Crippen LogP contribution in [0.1, 0.15) is 48.9 Å². The van der Waals surface area contributed by atoms with Crippen molar-refractivity contribution in [2.75, 3.05) is 0 Å². The van der Waals surface area contributed by atoms with Crippen LogP contribution in [0, 0.1) is 0 Å². The van der Waals surface area contributed by atoms with Crippen molar-refractivity contribution < 1.29 is 18.0 Å². The van der Waals surface area contributed by atoms with Crippen molar-refractivity contribution in [1.82, 2.24) is 0 Å². The van der Waals surface area contributed by atoms with E-state index in [4.69, 9.17) is 0 Å². The first-order valence-electron chi connectivity index (χ1n) is 13.8. The Morgan fingerprint density at radius 2 is 1.00 bits per heavy atom. The van der Waals surface area contributed by atoms with Crippen LogP contribution in [0.4, 0.5) is 0 Å². The van der Waals surface area contributed by atoms with Gasteiger partial charge < -0.3 is 0 Å². The predicted molar refractivity (Wildman–Crippen MR) is 158 cm³/mol. The zero-order valence-electron chi connectivity index (χ0n) is 21.8. The van der Waals surface area contributed by atoms with E-state index in [1.165, 1.54) is 52.6 Å². The van der Waals surface area contributed by atoms with Crippen LogP contribution in [0.3, 0.4) is 0 Å². The third-order valence-electron chi connectivity index (χ3n) is 10.0. The van der Waals surface area contributed by atoms with E-state index in [0.717, 1.165) is 0 Å². The Labute approximate surface area is 222 Å². The van der Waals surface area contributed by atoms with Crippen LogP contribution in [-0.4, -0.2) is 3.26 Å². The summed E-state index contributed by atoms with van der Waals surface area (Å²) in [6, 6.07) is 36.0. The van der Waals surface area contributed by atoms with Crippen LogP contribution >= 0.6 is 0 Å². The minimum absolute atomic E-state index is 0.548. The molecule has 0 bridgehead atoms. The van der Waals surface area contributed by atoms with E-state index in [1.807, 2.05) is 3.26 Å². The predicted octanol–water partition coefficient (Wildman–Crippen LogP) is 10.00. The second kappa shape index (κ2) is 8.57. The molecule has 2 atom stereocenters. The van der Waals surface area contributed by atoms with Crippen molar-refractivity contribution in [2.45, 2.75) is 36.0 Å². The van der Waals surface area contributed by atoms with E-state index in [0.29, 0.717) is 7.35 Å². The fourth-order valence-corrected chi connectivity index (χ4v) is 32.9. The van der Waals surface area contributed by atoms with Gasteiger partial charge in [-0.3, -0.25) is 0 Å². The molecule has 0 nitrogen and oxygen atoms in total. The van der Waals surface area contributed by atoms with E-state index < -0.39 is 18.0 Å². The third kappa shape index (κ3) is 3.40. The van der Waals surface area contributed by atoms with Crippen molar-refractivity contribution in [3.05, 3.63) is 131 Å². The normalized spacial score (nSPS) is 20.0. The van der Waals surface area contributed by atoms with Gasteiger partial charge in [0.1, 0.15) is 0 Å². The second-order valence-corrected chi connectivity index (χ2v) is 37.9. The molecule has 0 radical (unpaired) electrons. The second-order valence-electron chi connectivity index (χ2n) is 12.1. The molecule has 37 heavy (non-hydrogen) atoms. The molecule has 4 aromatic rings. The summed E-state index contributed by atoms with van der Waals surface area (Å²) in [5, 5.41) is 0.